The van der Waals surface area contributed by atoms with Gasteiger partial charge in [0.1, 0.15) is 0 Å². The number of nitrogens with one attached hydrogen (secondary N) is 1. The molecule has 0 aliphatic rings. The van der Waals surface area contributed by atoms with Gasteiger partial charge in [0.15, 0.2) is 9.84 Å². The van der Waals surface area contributed by atoms with E-state index < -0.39 is 9.84 Å². The highest BCUT2D eigenvalue weighted by Gasteiger charge is 2.10. The van der Waals surface area contributed by atoms with Gasteiger partial charge in [0.2, 0.25) is 0 Å². The van der Waals surface area contributed by atoms with E-state index in [2.05, 4.69) is 21.2 Å². The fourth-order valence-corrected chi connectivity index (χ4v) is 3.72. The van der Waals surface area contributed by atoms with Crippen molar-refractivity contribution in [2.45, 2.75) is 11.4 Å². The Morgan fingerprint density at radius 1 is 1.37 bits per heavy atom. The molecule has 0 unspecified atom stereocenters. The van der Waals surface area contributed by atoms with Crippen LogP contribution in [0.5, 0.6) is 0 Å². The van der Waals surface area contributed by atoms with Crippen LogP contribution in [-0.2, 0) is 16.4 Å². The van der Waals surface area contributed by atoms with E-state index in [9.17, 15) is 8.42 Å². The van der Waals surface area contributed by atoms with Crippen molar-refractivity contribution in [2.75, 3.05) is 11.6 Å². The number of rotatable bonds is 4. The summed E-state index contributed by atoms with van der Waals surface area (Å²) in [6.45, 7) is 0.600. The molecule has 0 amide bonds. The molecule has 1 heterocycles. The Morgan fingerprint density at radius 3 is 2.68 bits per heavy atom. The summed E-state index contributed by atoms with van der Waals surface area (Å²) < 4.78 is 24.0. The molecule has 0 radical (unpaired) electrons. The highest BCUT2D eigenvalue weighted by molar-refractivity contribution is 9.10. The maximum Gasteiger partial charge on any atom is 0.175 e. The van der Waals surface area contributed by atoms with Crippen molar-refractivity contribution in [1.29, 1.82) is 0 Å². The van der Waals surface area contributed by atoms with E-state index in [1.165, 1.54) is 12.3 Å². The fourth-order valence-electron chi connectivity index (χ4n) is 1.50. The predicted molar refractivity (Wildman–Crippen MR) is 83.9 cm³/mol. The third-order valence-electron chi connectivity index (χ3n) is 2.44. The van der Waals surface area contributed by atoms with Gasteiger partial charge in [-0.05, 0) is 40.2 Å². The van der Waals surface area contributed by atoms with Crippen LogP contribution in [-0.4, -0.2) is 14.7 Å². The van der Waals surface area contributed by atoms with Crippen molar-refractivity contribution in [3.8, 4) is 0 Å². The number of halogens is 2. The molecule has 0 atom stereocenters. The summed E-state index contributed by atoms with van der Waals surface area (Å²) in [7, 11) is -3.22. The van der Waals surface area contributed by atoms with Crippen molar-refractivity contribution in [3.05, 3.63) is 44.0 Å². The molecule has 0 saturated heterocycles. The minimum Gasteiger partial charge on any atom is -0.379 e. The molecular weight excluding hydrogens is 370 g/mol. The van der Waals surface area contributed by atoms with E-state index in [0.717, 1.165) is 9.35 Å². The molecule has 7 heteroatoms. The summed E-state index contributed by atoms with van der Waals surface area (Å²) in [5, 5.41) is 5.64. The van der Waals surface area contributed by atoms with Crippen LogP contribution in [0.1, 0.15) is 4.88 Å². The first-order valence-corrected chi connectivity index (χ1v) is 9.27. The van der Waals surface area contributed by atoms with E-state index >= 15 is 0 Å². The third-order valence-corrected chi connectivity index (χ3v) is 5.58. The second-order valence-corrected chi connectivity index (χ2v) is 8.33. The normalized spacial score (nSPS) is 11.5. The van der Waals surface area contributed by atoms with Gasteiger partial charge in [-0.15, -0.1) is 11.3 Å². The molecule has 2 rings (SSSR count). The van der Waals surface area contributed by atoms with Crippen molar-refractivity contribution in [3.63, 3.8) is 0 Å². The first kappa shape index (κ1) is 14.8. The second kappa shape index (κ2) is 5.83. The Kier molecular flexibility index (Phi) is 4.55. The summed E-state index contributed by atoms with van der Waals surface area (Å²) in [5.41, 5.74) is 0.620. The zero-order valence-corrected chi connectivity index (χ0v) is 14.0. The van der Waals surface area contributed by atoms with Gasteiger partial charge in [-0.1, -0.05) is 11.6 Å². The minimum atomic E-state index is -3.22. The van der Waals surface area contributed by atoms with Gasteiger partial charge < -0.3 is 5.32 Å². The Hall–Kier alpha value is -0.560. The average Bonchev–Trinajstić information content (AvgIpc) is 2.72. The Bertz CT molecular complexity index is 698. The molecule has 0 aliphatic heterocycles. The Morgan fingerprint density at radius 2 is 2.11 bits per heavy atom. The van der Waals surface area contributed by atoms with Gasteiger partial charge in [0, 0.05) is 27.5 Å². The van der Waals surface area contributed by atoms with Gasteiger partial charge in [0.05, 0.1) is 15.6 Å². The number of sulfone groups is 1. The fraction of sp³-hybridized carbons (Fsp3) is 0.167. The van der Waals surface area contributed by atoms with Crippen LogP contribution in [0.15, 0.2) is 39.0 Å². The number of hydrogen-bond acceptors (Lipinski definition) is 4. The van der Waals surface area contributed by atoms with Crippen molar-refractivity contribution in [2.24, 2.45) is 0 Å². The molecule has 1 aromatic heterocycles. The maximum atomic E-state index is 11.5. The van der Waals surface area contributed by atoms with Crippen molar-refractivity contribution in [1.82, 2.24) is 0 Å². The predicted octanol–water partition coefficient (Wildman–Crippen LogP) is 4.18. The highest BCUT2D eigenvalue weighted by Crippen LogP contribution is 2.27. The summed E-state index contributed by atoms with van der Waals surface area (Å²) >= 11 is 11.1. The number of thiophene rings is 1. The van der Waals surface area contributed by atoms with Crippen molar-refractivity contribution >= 4 is 54.4 Å². The lowest BCUT2D eigenvalue weighted by Gasteiger charge is -2.09. The van der Waals surface area contributed by atoms with E-state index in [1.54, 1.807) is 23.5 Å². The van der Waals surface area contributed by atoms with Crippen LogP contribution in [0, 0.1) is 0 Å². The molecule has 0 spiro atoms. The molecule has 3 nitrogen and oxygen atoms in total. The highest BCUT2D eigenvalue weighted by atomic mass is 79.9. The van der Waals surface area contributed by atoms with E-state index in [0.29, 0.717) is 17.3 Å². The van der Waals surface area contributed by atoms with Crippen molar-refractivity contribution < 1.29 is 8.42 Å². The molecule has 2 aromatic rings. The summed E-state index contributed by atoms with van der Waals surface area (Å²) in [5.74, 6) is 0. The van der Waals surface area contributed by atoms with Crippen LogP contribution in [0.3, 0.4) is 0 Å². The van der Waals surface area contributed by atoms with Gasteiger partial charge in [0.25, 0.3) is 0 Å². The Balaban J connectivity index is 2.20. The lowest BCUT2D eigenvalue weighted by Crippen LogP contribution is -2.02. The smallest absolute Gasteiger partial charge is 0.175 e. The number of anilines is 1. The standard InChI is InChI=1S/C12H11BrClNO2S2/c1-19(16,17)10-2-3-11(14)12(5-10)15-6-9-4-8(13)7-18-9/h2-5,7,15H,6H2,1H3. The van der Waals surface area contributed by atoms with Gasteiger partial charge in [-0.25, -0.2) is 8.42 Å². The van der Waals surface area contributed by atoms with Crippen LogP contribution < -0.4 is 5.32 Å². The molecule has 0 bridgehead atoms. The second-order valence-electron chi connectivity index (χ2n) is 4.00. The van der Waals surface area contributed by atoms with Crippen LogP contribution in [0.25, 0.3) is 0 Å². The molecule has 1 N–H and O–H groups in total. The van der Waals surface area contributed by atoms with Gasteiger partial charge in [-0.3, -0.25) is 0 Å². The lowest BCUT2D eigenvalue weighted by molar-refractivity contribution is 0.602. The molecular formula is C12H11BrClNO2S2. The van der Waals surface area contributed by atoms with E-state index in [1.807, 2.05) is 11.4 Å². The molecule has 0 aliphatic carbocycles. The first-order chi connectivity index (χ1) is 8.86. The summed E-state index contributed by atoms with van der Waals surface area (Å²) in [6.07, 6.45) is 1.18. The minimum absolute atomic E-state index is 0.256. The van der Waals surface area contributed by atoms with Gasteiger partial charge >= 0.3 is 0 Å². The zero-order valence-electron chi connectivity index (χ0n) is 9.98. The zero-order chi connectivity index (χ0) is 14.0. The SMILES string of the molecule is CS(=O)(=O)c1ccc(Cl)c(NCc2cc(Br)cs2)c1. The molecule has 19 heavy (non-hydrogen) atoms. The third kappa shape index (κ3) is 3.95. The van der Waals surface area contributed by atoms with E-state index in [-0.39, 0.29) is 4.90 Å². The largest absolute Gasteiger partial charge is 0.379 e. The molecule has 0 saturated carbocycles. The topological polar surface area (TPSA) is 46.2 Å². The first-order valence-electron chi connectivity index (χ1n) is 5.32. The van der Waals surface area contributed by atoms with Crippen LogP contribution in [0.4, 0.5) is 5.69 Å². The average molecular weight is 381 g/mol. The Labute approximate surface area is 129 Å². The van der Waals surface area contributed by atoms with Crippen LogP contribution in [0.2, 0.25) is 5.02 Å². The maximum absolute atomic E-state index is 11.5. The molecule has 1 aromatic carbocycles. The molecule has 102 valence electrons. The monoisotopic (exact) mass is 379 g/mol. The summed E-state index contributed by atoms with van der Waals surface area (Å²) in [6, 6.07) is 6.65. The number of benzene rings is 1. The van der Waals surface area contributed by atoms with Gasteiger partial charge in [-0.2, -0.15) is 0 Å². The quantitative estimate of drug-likeness (QED) is 0.865. The number of hydrogen-bond donors (Lipinski definition) is 1. The molecule has 0 fully saturated rings. The lowest BCUT2D eigenvalue weighted by atomic mass is 10.3. The van der Waals surface area contributed by atoms with Crippen LogP contribution >= 0.6 is 38.9 Å². The van der Waals surface area contributed by atoms with E-state index in [4.69, 9.17) is 11.6 Å². The summed E-state index contributed by atoms with van der Waals surface area (Å²) in [4.78, 5) is 1.39.